The highest BCUT2D eigenvalue weighted by atomic mass is 31.2. The van der Waals surface area contributed by atoms with E-state index in [1.165, 1.54) is 0 Å². The molecule has 0 aromatic heterocycles. The maximum Gasteiger partial charge on any atom is 0.501 e. The van der Waals surface area contributed by atoms with Crippen LogP contribution in [0.15, 0.2) is 0 Å². The van der Waals surface area contributed by atoms with Crippen molar-refractivity contribution in [3.63, 3.8) is 0 Å². The van der Waals surface area contributed by atoms with Gasteiger partial charge in [-0.3, -0.25) is 4.57 Å². The van der Waals surface area contributed by atoms with Crippen molar-refractivity contribution in [3.8, 4) is 0 Å². The zero-order valence-electron chi connectivity index (χ0n) is 13.8. The molecule has 1 unspecified atom stereocenters. The summed E-state index contributed by atoms with van der Waals surface area (Å²) in [5.41, 5.74) is 0. The Balaban J connectivity index is 4.31. The molecule has 0 aliphatic carbocycles. The first-order valence-electron chi connectivity index (χ1n) is 7.41. The molecule has 0 rings (SSSR count). The van der Waals surface area contributed by atoms with Crippen LogP contribution in [-0.4, -0.2) is 62.1 Å². The van der Waals surface area contributed by atoms with Crippen molar-refractivity contribution in [2.24, 2.45) is 0 Å². The molecule has 0 saturated carbocycles. The van der Waals surface area contributed by atoms with Gasteiger partial charge in [-0.1, -0.05) is 0 Å². The largest absolute Gasteiger partial charge is 0.501 e. The van der Waals surface area contributed by atoms with Crippen molar-refractivity contribution in [3.05, 3.63) is 0 Å². The molecule has 0 amide bonds. The van der Waals surface area contributed by atoms with Gasteiger partial charge >= 0.3 is 16.4 Å². The Labute approximate surface area is 133 Å². The second kappa shape index (κ2) is 10.1. The van der Waals surface area contributed by atoms with Gasteiger partial charge in [-0.2, -0.15) is 0 Å². The lowest BCUT2D eigenvalue weighted by Crippen LogP contribution is -2.46. The molecule has 10 heteroatoms. The SMILES string of the molecule is CCO[Si](CCCOCC(C)(O)P(=O)(O)O)(OCC)OCC. The minimum absolute atomic E-state index is 0.220. The lowest BCUT2D eigenvalue weighted by atomic mass is 10.4. The van der Waals surface area contributed by atoms with E-state index in [9.17, 15) is 9.67 Å². The molecule has 0 aromatic rings. The van der Waals surface area contributed by atoms with Gasteiger partial charge in [0.2, 0.25) is 0 Å². The van der Waals surface area contributed by atoms with Gasteiger partial charge in [0.25, 0.3) is 0 Å². The molecule has 0 aromatic carbocycles. The second-order valence-corrected chi connectivity index (χ2v) is 9.68. The lowest BCUT2D eigenvalue weighted by Gasteiger charge is -2.28. The molecule has 3 N–H and O–H groups in total. The number of aliphatic hydroxyl groups is 1. The quantitative estimate of drug-likeness (QED) is 0.256. The molecule has 8 nitrogen and oxygen atoms in total. The molecular weight excluding hydrogens is 331 g/mol. The van der Waals surface area contributed by atoms with Crippen molar-refractivity contribution in [2.45, 2.75) is 45.5 Å². The minimum Gasteiger partial charge on any atom is -0.378 e. The van der Waals surface area contributed by atoms with E-state index < -0.39 is 28.3 Å². The average Bonchev–Trinajstić information content (AvgIpc) is 2.37. The molecule has 0 heterocycles. The Hall–Kier alpha value is 0.167. The van der Waals surface area contributed by atoms with Gasteiger partial charge in [-0.25, -0.2) is 0 Å². The van der Waals surface area contributed by atoms with Gasteiger partial charge in [-0.05, 0) is 34.1 Å². The molecule has 0 bridgehead atoms. The van der Waals surface area contributed by atoms with Crippen LogP contribution >= 0.6 is 7.60 Å². The summed E-state index contributed by atoms with van der Waals surface area (Å²) in [6, 6.07) is 0.542. The van der Waals surface area contributed by atoms with E-state index in [0.717, 1.165) is 6.92 Å². The first-order chi connectivity index (χ1) is 10.1. The Morgan fingerprint density at radius 2 is 1.50 bits per heavy atom. The van der Waals surface area contributed by atoms with Crippen LogP contribution in [0.3, 0.4) is 0 Å². The number of hydrogen-bond acceptors (Lipinski definition) is 6. The van der Waals surface area contributed by atoms with Crippen LogP contribution in [0, 0.1) is 0 Å². The highest BCUT2D eigenvalue weighted by Gasteiger charge is 2.41. The van der Waals surface area contributed by atoms with Crippen LogP contribution in [0.5, 0.6) is 0 Å². The Bertz CT molecular complexity index is 329. The number of hydrogen-bond donors (Lipinski definition) is 3. The summed E-state index contributed by atoms with van der Waals surface area (Å²) in [5, 5.41) is 7.43. The predicted molar refractivity (Wildman–Crippen MR) is 83.5 cm³/mol. The highest BCUT2D eigenvalue weighted by Crippen LogP contribution is 2.48. The summed E-state index contributed by atoms with van der Waals surface area (Å²) in [6.07, 6.45) is 0.545. The lowest BCUT2D eigenvalue weighted by molar-refractivity contribution is 0.00255. The predicted octanol–water partition coefficient (Wildman–Crippen LogP) is 1.33. The average molecular weight is 360 g/mol. The van der Waals surface area contributed by atoms with Crippen LogP contribution in [0.4, 0.5) is 0 Å². The van der Waals surface area contributed by atoms with Crippen LogP contribution in [-0.2, 0) is 22.6 Å². The van der Waals surface area contributed by atoms with E-state index in [1.54, 1.807) is 0 Å². The van der Waals surface area contributed by atoms with Crippen LogP contribution in [0.25, 0.3) is 0 Å². The molecule has 0 fully saturated rings. The molecular formula is C12H29O8PSi. The van der Waals surface area contributed by atoms with E-state index >= 15 is 0 Å². The second-order valence-electron chi connectivity index (χ2n) is 4.90. The molecule has 1 atom stereocenters. The molecule has 0 aliphatic rings. The summed E-state index contributed by atoms with van der Waals surface area (Å²) in [7, 11) is -7.34. The van der Waals surface area contributed by atoms with Gasteiger partial charge in [0.15, 0.2) is 5.34 Å². The van der Waals surface area contributed by atoms with Gasteiger partial charge in [0.1, 0.15) is 0 Å². The topological polar surface area (TPSA) is 115 Å². The zero-order valence-corrected chi connectivity index (χ0v) is 15.7. The maximum absolute atomic E-state index is 11.0. The van der Waals surface area contributed by atoms with Gasteiger partial charge in [-0.15, -0.1) is 0 Å². The monoisotopic (exact) mass is 360 g/mol. The summed E-state index contributed by atoms with van der Waals surface area (Å²) in [6.45, 7) is 7.89. The Morgan fingerprint density at radius 1 is 1.05 bits per heavy atom. The molecule has 22 heavy (non-hydrogen) atoms. The number of rotatable bonds is 13. The standard InChI is InChI=1S/C12H29O8PSi/c1-5-18-22(19-6-2,20-7-3)10-8-9-17-11-12(4,13)21(14,15)16/h13H,5-11H2,1-4H3,(H2,14,15,16). The molecule has 0 spiro atoms. The molecule has 0 aliphatic heterocycles. The smallest absolute Gasteiger partial charge is 0.378 e. The third-order valence-electron chi connectivity index (χ3n) is 2.87. The summed E-state index contributed by atoms with van der Waals surface area (Å²) in [5.74, 6) is 0. The van der Waals surface area contributed by atoms with Crippen molar-refractivity contribution in [2.75, 3.05) is 33.0 Å². The van der Waals surface area contributed by atoms with E-state index in [4.69, 9.17) is 27.8 Å². The van der Waals surface area contributed by atoms with Gasteiger partial charge < -0.3 is 32.9 Å². The summed E-state index contributed by atoms with van der Waals surface area (Å²) >= 11 is 0. The van der Waals surface area contributed by atoms with E-state index in [-0.39, 0.29) is 6.61 Å². The van der Waals surface area contributed by atoms with Crippen molar-refractivity contribution in [1.29, 1.82) is 0 Å². The summed E-state index contributed by atoms with van der Waals surface area (Å²) < 4.78 is 33.2. The summed E-state index contributed by atoms with van der Waals surface area (Å²) in [4.78, 5) is 17.9. The van der Waals surface area contributed by atoms with Gasteiger partial charge in [0, 0.05) is 32.5 Å². The first-order valence-corrected chi connectivity index (χ1v) is 11.0. The fourth-order valence-electron chi connectivity index (χ4n) is 1.74. The molecule has 0 radical (unpaired) electrons. The normalized spacial score (nSPS) is 15.8. The van der Waals surface area contributed by atoms with Crippen LogP contribution in [0.1, 0.15) is 34.1 Å². The van der Waals surface area contributed by atoms with Crippen molar-refractivity contribution < 1.29 is 37.5 Å². The van der Waals surface area contributed by atoms with Crippen molar-refractivity contribution in [1.82, 2.24) is 0 Å². The Morgan fingerprint density at radius 3 is 1.86 bits per heavy atom. The Kier molecular flexibility index (Phi) is 10.2. The van der Waals surface area contributed by atoms with Crippen LogP contribution < -0.4 is 0 Å². The minimum atomic E-state index is -4.62. The molecule has 134 valence electrons. The zero-order chi connectivity index (χ0) is 17.3. The first kappa shape index (κ1) is 22.2. The van der Waals surface area contributed by atoms with E-state index in [2.05, 4.69) is 0 Å². The van der Waals surface area contributed by atoms with E-state index in [1.807, 2.05) is 20.8 Å². The fraction of sp³-hybridized carbons (Fsp3) is 1.00. The van der Waals surface area contributed by atoms with Crippen LogP contribution in [0.2, 0.25) is 6.04 Å². The van der Waals surface area contributed by atoms with Gasteiger partial charge in [0.05, 0.1) is 6.61 Å². The highest BCUT2D eigenvalue weighted by molar-refractivity contribution is 7.53. The number of ether oxygens (including phenoxy) is 1. The maximum atomic E-state index is 11.0. The third-order valence-corrected chi connectivity index (χ3v) is 7.40. The fourth-order valence-corrected chi connectivity index (χ4v) is 4.58. The molecule has 0 saturated heterocycles. The van der Waals surface area contributed by atoms with Crippen molar-refractivity contribution >= 4 is 16.4 Å². The third kappa shape index (κ3) is 7.63. The van der Waals surface area contributed by atoms with E-state index in [0.29, 0.717) is 32.3 Å².